The van der Waals surface area contributed by atoms with Gasteiger partial charge in [0.1, 0.15) is 21.2 Å². The number of methoxy groups -OCH3 is 3. The molecule has 0 unspecified atom stereocenters. The van der Waals surface area contributed by atoms with Gasteiger partial charge in [-0.1, -0.05) is 0 Å². The van der Waals surface area contributed by atoms with Crippen LogP contribution in [0.4, 0.5) is 5.69 Å². The molecule has 0 fully saturated rings. The maximum absolute atomic E-state index is 12.3. The van der Waals surface area contributed by atoms with Crippen LogP contribution < -0.4 is 15.2 Å². The average molecular weight is 413 g/mol. The number of ether oxygens (including phenoxy) is 3. The fourth-order valence-electron chi connectivity index (χ4n) is 3.81. The summed E-state index contributed by atoms with van der Waals surface area (Å²) in [7, 11) is 6.70. The Balaban J connectivity index is 2.12. The second kappa shape index (κ2) is 7.53. The first-order valence-electron chi connectivity index (χ1n) is 9.21. The molecule has 1 aliphatic rings. The van der Waals surface area contributed by atoms with Crippen molar-refractivity contribution in [2.75, 3.05) is 40.7 Å². The molecule has 7 nitrogen and oxygen atoms in total. The third-order valence-electron chi connectivity index (χ3n) is 5.27. The van der Waals surface area contributed by atoms with Gasteiger partial charge in [0, 0.05) is 41.7 Å². The van der Waals surface area contributed by atoms with Crippen LogP contribution >= 0.6 is 11.3 Å². The number of esters is 1. The summed E-state index contributed by atoms with van der Waals surface area (Å²) in [6, 6.07) is 5.68. The van der Waals surface area contributed by atoms with Crippen molar-refractivity contribution in [2.45, 2.75) is 13.0 Å². The Morgan fingerprint density at radius 2 is 2.03 bits per heavy atom. The predicted molar refractivity (Wildman–Crippen MR) is 114 cm³/mol. The topological polar surface area (TPSA) is 86.9 Å². The first-order chi connectivity index (χ1) is 14.0. The Morgan fingerprint density at radius 3 is 2.72 bits per heavy atom. The number of thiophene rings is 1. The van der Waals surface area contributed by atoms with E-state index in [1.165, 1.54) is 18.4 Å². The van der Waals surface area contributed by atoms with Crippen molar-refractivity contribution in [3.8, 4) is 22.6 Å². The van der Waals surface area contributed by atoms with E-state index >= 15 is 0 Å². The summed E-state index contributed by atoms with van der Waals surface area (Å²) in [5.41, 5.74) is 10.8. The summed E-state index contributed by atoms with van der Waals surface area (Å²) in [5, 5.41) is 0.760. The molecule has 0 bridgehead atoms. The number of hydrogen-bond acceptors (Lipinski definition) is 8. The zero-order chi connectivity index (χ0) is 20.7. The van der Waals surface area contributed by atoms with Crippen molar-refractivity contribution in [3.05, 3.63) is 34.3 Å². The molecule has 4 rings (SSSR count). The van der Waals surface area contributed by atoms with E-state index in [-0.39, 0.29) is 0 Å². The monoisotopic (exact) mass is 413 g/mol. The lowest BCUT2D eigenvalue weighted by Gasteiger charge is -2.27. The second-order valence-corrected chi connectivity index (χ2v) is 7.98. The highest BCUT2D eigenvalue weighted by Crippen LogP contribution is 2.46. The zero-order valence-electron chi connectivity index (χ0n) is 16.9. The number of benzene rings is 1. The molecule has 3 aromatic rings. The molecule has 2 aromatic heterocycles. The number of fused-ring (bicyclic) bond motifs is 2. The number of nitrogens with zero attached hydrogens (tertiary/aromatic N) is 2. The van der Waals surface area contributed by atoms with Crippen molar-refractivity contribution in [1.29, 1.82) is 0 Å². The lowest BCUT2D eigenvalue weighted by Crippen LogP contribution is -2.28. The SMILES string of the molecule is COC(=O)c1sc2nc3c(c(-c4cc(OC)ccc4OC)c2c1N)CN(C)CC3. The molecule has 8 heteroatoms. The van der Waals surface area contributed by atoms with Gasteiger partial charge in [-0.2, -0.15) is 0 Å². The minimum absolute atomic E-state index is 0.369. The largest absolute Gasteiger partial charge is 0.497 e. The van der Waals surface area contributed by atoms with Crippen LogP contribution in [0, 0.1) is 0 Å². The summed E-state index contributed by atoms with van der Waals surface area (Å²) in [6.45, 7) is 1.65. The zero-order valence-corrected chi connectivity index (χ0v) is 17.7. The van der Waals surface area contributed by atoms with Gasteiger partial charge in [0.2, 0.25) is 0 Å². The number of nitrogens with two attached hydrogens (primary N) is 1. The number of nitrogen functional groups attached to an aromatic ring is 1. The minimum atomic E-state index is -0.454. The van der Waals surface area contributed by atoms with E-state index in [0.717, 1.165) is 52.1 Å². The smallest absolute Gasteiger partial charge is 0.350 e. The number of anilines is 1. The minimum Gasteiger partial charge on any atom is -0.497 e. The first kappa shape index (κ1) is 19.5. The van der Waals surface area contributed by atoms with Crippen LogP contribution in [0.15, 0.2) is 18.2 Å². The molecular weight excluding hydrogens is 390 g/mol. The number of rotatable bonds is 4. The van der Waals surface area contributed by atoms with Crippen molar-refractivity contribution in [2.24, 2.45) is 0 Å². The van der Waals surface area contributed by atoms with Crippen molar-refractivity contribution < 1.29 is 19.0 Å². The van der Waals surface area contributed by atoms with Crippen LogP contribution in [0.2, 0.25) is 0 Å². The van der Waals surface area contributed by atoms with Gasteiger partial charge in [0.05, 0.1) is 27.0 Å². The standard InChI is InChI=1S/C21H23N3O4S/c1-24-8-7-14-13(10-24)16(12-9-11(26-2)5-6-15(12)27-3)17-18(22)19(21(25)28-4)29-20(17)23-14/h5-6,9H,7-8,10,22H2,1-4H3. The van der Waals surface area contributed by atoms with Crippen LogP contribution in [0.3, 0.4) is 0 Å². The van der Waals surface area contributed by atoms with Crippen molar-refractivity contribution in [3.63, 3.8) is 0 Å². The van der Waals surface area contributed by atoms with Crippen LogP contribution in [-0.2, 0) is 17.7 Å². The lowest BCUT2D eigenvalue weighted by atomic mass is 9.91. The molecule has 152 valence electrons. The van der Waals surface area contributed by atoms with Crippen LogP contribution in [0.5, 0.6) is 11.5 Å². The van der Waals surface area contributed by atoms with Crippen molar-refractivity contribution >= 4 is 33.2 Å². The van der Waals surface area contributed by atoms with Crippen LogP contribution in [0.25, 0.3) is 21.3 Å². The maximum Gasteiger partial charge on any atom is 0.350 e. The fourth-order valence-corrected chi connectivity index (χ4v) is 4.85. The predicted octanol–water partition coefficient (Wildman–Crippen LogP) is 3.34. The molecule has 2 N–H and O–H groups in total. The molecule has 0 spiro atoms. The Labute approximate surface area is 173 Å². The molecule has 0 aliphatic carbocycles. The van der Waals surface area contributed by atoms with E-state index in [0.29, 0.717) is 22.1 Å². The Morgan fingerprint density at radius 1 is 1.24 bits per heavy atom. The highest BCUT2D eigenvalue weighted by Gasteiger charge is 2.28. The molecule has 1 aromatic carbocycles. The van der Waals surface area contributed by atoms with Gasteiger partial charge in [-0.25, -0.2) is 9.78 Å². The Bertz CT molecular complexity index is 1110. The van der Waals surface area contributed by atoms with Gasteiger partial charge in [-0.15, -0.1) is 11.3 Å². The van der Waals surface area contributed by atoms with Gasteiger partial charge < -0.3 is 24.8 Å². The molecule has 0 saturated heterocycles. The van der Waals surface area contributed by atoms with E-state index in [4.69, 9.17) is 24.9 Å². The summed E-state index contributed by atoms with van der Waals surface area (Å²) >= 11 is 1.27. The highest BCUT2D eigenvalue weighted by molar-refractivity contribution is 7.21. The normalized spacial score (nSPS) is 13.9. The van der Waals surface area contributed by atoms with E-state index < -0.39 is 5.97 Å². The van der Waals surface area contributed by atoms with Crippen molar-refractivity contribution in [1.82, 2.24) is 9.88 Å². The summed E-state index contributed by atoms with van der Waals surface area (Å²) < 4.78 is 16.0. The quantitative estimate of drug-likeness (QED) is 0.657. The maximum atomic E-state index is 12.3. The third-order valence-corrected chi connectivity index (χ3v) is 6.35. The van der Waals surface area contributed by atoms with E-state index in [2.05, 4.69) is 11.9 Å². The van der Waals surface area contributed by atoms with Crippen LogP contribution in [-0.4, -0.2) is 50.8 Å². The van der Waals surface area contributed by atoms with E-state index in [1.807, 2.05) is 18.2 Å². The lowest BCUT2D eigenvalue weighted by molar-refractivity contribution is 0.0607. The second-order valence-electron chi connectivity index (χ2n) is 6.98. The molecule has 0 radical (unpaired) electrons. The number of hydrogen-bond donors (Lipinski definition) is 1. The number of carbonyl (C=O) groups excluding carboxylic acids is 1. The fraction of sp³-hybridized carbons (Fsp3) is 0.333. The average Bonchev–Trinajstić information content (AvgIpc) is 3.07. The van der Waals surface area contributed by atoms with Gasteiger partial charge in [-0.3, -0.25) is 0 Å². The molecule has 1 aliphatic heterocycles. The molecular formula is C21H23N3O4S. The first-order valence-corrected chi connectivity index (χ1v) is 10.0. The molecule has 29 heavy (non-hydrogen) atoms. The molecule has 0 amide bonds. The van der Waals surface area contributed by atoms with E-state index in [9.17, 15) is 4.79 Å². The third kappa shape index (κ3) is 3.18. The van der Waals surface area contributed by atoms with E-state index in [1.54, 1.807) is 14.2 Å². The Kier molecular flexibility index (Phi) is 5.06. The van der Waals surface area contributed by atoms with Gasteiger partial charge in [-0.05, 0) is 30.8 Å². The number of likely N-dealkylation sites (N-methyl/N-ethyl adjacent to an activating group) is 1. The van der Waals surface area contributed by atoms with Gasteiger partial charge in [0.25, 0.3) is 0 Å². The number of carbonyl (C=O) groups is 1. The van der Waals surface area contributed by atoms with Gasteiger partial charge >= 0.3 is 5.97 Å². The highest BCUT2D eigenvalue weighted by atomic mass is 32.1. The van der Waals surface area contributed by atoms with Gasteiger partial charge in [0.15, 0.2) is 0 Å². The summed E-state index contributed by atoms with van der Waals surface area (Å²) in [6.07, 6.45) is 0.826. The molecule has 0 saturated carbocycles. The molecule has 3 heterocycles. The number of aromatic nitrogens is 1. The number of pyridine rings is 1. The summed E-state index contributed by atoms with van der Waals surface area (Å²) in [5.74, 6) is 0.966. The molecule has 0 atom stereocenters. The Hall–Kier alpha value is -2.84. The van der Waals surface area contributed by atoms with Crippen LogP contribution in [0.1, 0.15) is 20.9 Å². The summed E-state index contributed by atoms with van der Waals surface area (Å²) in [4.78, 5) is 20.5.